The minimum Gasteiger partial charge on any atom is -0.345 e. The van der Waals surface area contributed by atoms with Gasteiger partial charge in [0.25, 0.3) is 15.9 Å². The fourth-order valence-corrected chi connectivity index (χ4v) is 4.46. The number of hydrogen-bond acceptors (Lipinski definition) is 3. The highest BCUT2D eigenvalue weighted by Crippen LogP contribution is 2.27. The van der Waals surface area contributed by atoms with Crippen LogP contribution >= 0.6 is 11.6 Å². The topological polar surface area (TPSA) is 66.5 Å². The first-order chi connectivity index (χ1) is 14.2. The van der Waals surface area contributed by atoms with Gasteiger partial charge in [0, 0.05) is 7.05 Å². The molecule has 0 bridgehead atoms. The van der Waals surface area contributed by atoms with E-state index in [-0.39, 0.29) is 27.4 Å². The van der Waals surface area contributed by atoms with E-state index in [2.05, 4.69) is 5.32 Å². The van der Waals surface area contributed by atoms with Crippen molar-refractivity contribution in [3.63, 3.8) is 0 Å². The summed E-state index contributed by atoms with van der Waals surface area (Å²) < 4.78 is 26.7. The van der Waals surface area contributed by atoms with Crippen LogP contribution in [0, 0.1) is 6.92 Å². The van der Waals surface area contributed by atoms with Gasteiger partial charge < -0.3 is 5.32 Å². The molecule has 0 heterocycles. The number of halogens is 1. The molecule has 0 spiro atoms. The summed E-state index contributed by atoms with van der Waals surface area (Å²) >= 11 is 6.33. The van der Waals surface area contributed by atoms with Crippen LogP contribution in [0.5, 0.6) is 0 Å². The molecular weight excluding hydrogens is 420 g/mol. The van der Waals surface area contributed by atoms with Crippen molar-refractivity contribution in [1.82, 2.24) is 5.32 Å². The van der Waals surface area contributed by atoms with Crippen LogP contribution in [0.15, 0.2) is 77.7 Å². The van der Waals surface area contributed by atoms with Crippen molar-refractivity contribution >= 4 is 33.2 Å². The Bertz CT molecular complexity index is 1150. The van der Waals surface area contributed by atoms with Crippen molar-refractivity contribution in [2.24, 2.45) is 0 Å². The van der Waals surface area contributed by atoms with E-state index in [1.807, 2.05) is 38.1 Å². The first-order valence-corrected chi connectivity index (χ1v) is 11.2. The minimum atomic E-state index is -3.73. The molecule has 3 aromatic carbocycles. The molecule has 3 rings (SSSR count). The third-order valence-electron chi connectivity index (χ3n) is 4.89. The lowest BCUT2D eigenvalue weighted by Crippen LogP contribution is -2.28. The van der Waals surface area contributed by atoms with E-state index in [0.29, 0.717) is 5.69 Å². The number of hydrogen-bond donors (Lipinski definition) is 1. The van der Waals surface area contributed by atoms with Crippen LogP contribution in [0.3, 0.4) is 0 Å². The van der Waals surface area contributed by atoms with Gasteiger partial charge in [0.1, 0.15) is 0 Å². The van der Waals surface area contributed by atoms with Gasteiger partial charge in [-0.3, -0.25) is 9.10 Å². The number of anilines is 1. The van der Waals surface area contributed by atoms with Gasteiger partial charge in [-0.15, -0.1) is 0 Å². The Morgan fingerprint density at radius 2 is 1.63 bits per heavy atom. The molecule has 1 amide bonds. The average molecular weight is 443 g/mol. The Balaban J connectivity index is 1.79. The smallest absolute Gasteiger partial charge is 0.264 e. The molecule has 0 fully saturated rings. The maximum absolute atomic E-state index is 12.8. The quantitative estimate of drug-likeness (QED) is 0.586. The largest absolute Gasteiger partial charge is 0.345 e. The van der Waals surface area contributed by atoms with Gasteiger partial charge in [-0.05, 0) is 49.7 Å². The number of amides is 1. The predicted octanol–water partition coefficient (Wildman–Crippen LogP) is 4.96. The zero-order valence-corrected chi connectivity index (χ0v) is 18.5. The molecule has 0 saturated carbocycles. The summed E-state index contributed by atoms with van der Waals surface area (Å²) in [6.45, 7) is 3.90. The van der Waals surface area contributed by atoms with Crippen molar-refractivity contribution in [3.8, 4) is 0 Å². The standard InChI is InChI=1S/C23H23ClN2O3S/c1-16-9-11-18(12-10-16)17(2)25-23(27)21-14-13-19(15-22(21)24)26(3)30(28,29)20-7-5-4-6-8-20/h4-15,17H,1-3H3,(H,25,27)/t17-/m0/s1. The molecule has 0 unspecified atom stereocenters. The van der Waals surface area contributed by atoms with Gasteiger partial charge >= 0.3 is 0 Å². The predicted molar refractivity (Wildman–Crippen MR) is 121 cm³/mol. The van der Waals surface area contributed by atoms with Crippen molar-refractivity contribution in [2.75, 3.05) is 11.4 Å². The number of carbonyl (C=O) groups excluding carboxylic acids is 1. The summed E-state index contributed by atoms with van der Waals surface area (Å²) in [4.78, 5) is 12.9. The average Bonchev–Trinajstić information content (AvgIpc) is 2.74. The highest BCUT2D eigenvalue weighted by atomic mass is 35.5. The number of sulfonamides is 1. The first-order valence-electron chi connectivity index (χ1n) is 9.41. The summed E-state index contributed by atoms with van der Waals surface area (Å²) in [5.74, 6) is -0.326. The SMILES string of the molecule is Cc1ccc([C@H](C)NC(=O)c2ccc(N(C)S(=O)(=O)c3ccccc3)cc2Cl)cc1. The Labute approximate surface area is 182 Å². The van der Waals surface area contributed by atoms with Gasteiger partial charge in [0.05, 0.1) is 27.2 Å². The second kappa shape index (κ2) is 8.90. The Morgan fingerprint density at radius 1 is 1.00 bits per heavy atom. The lowest BCUT2D eigenvalue weighted by molar-refractivity contribution is 0.0940. The highest BCUT2D eigenvalue weighted by molar-refractivity contribution is 7.92. The van der Waals surface area contributed by atoms with Crippen LogP contribution in [0.25, 0.3) is 0 Å². The van der Waals surface area contributed by atoms with Crippen LogP contribution in [0.1, 0.15) is 34.5 Å². The molecule has 1 atom stereocenters. The molecular formula is C23H23ClN2O3S. The normalized spacial score (nSPS) is 12.3. The molecule has 30 heavy (non-hydrogen) atoms. The number of nitrogens with one attached hydrogen (secondary N) is 1. The molecule has 0 aliphatic carbocycles. The summed E-state index contributed by atoms with van der Waals surface area (Å²) in [7, 11) is -2.27. The summed E-state index contributed by atoms with van der Waals surface area (Å²) in [6.07, 6.45) is 0. The Hall–Kier alpha value is -2.83. The van der Waals surface area contributed by atoms with Crippen molar-refractivity contribution in [1.29, 1.82) is 0 Å². The van der Waals surface area contributed by atoms with Gasteiger partial charge in [0.15, 0.2) is 0 Å². The number of aryl methyl sites for hydroxylation is 1. The van der Waals surface area contributed by atoms with E-state index in [0.717, 1.165) is 15.4 Å². The fourth-order valence-electron chi connectivity index (χ4n) is 2.99. The summed E-state index contributed by atoms with van der Waals surface area (Å²) in [5.41, 5.74) is 2.78. The molecule has 0 radical (unpaired) electrons. The minimum absolute atomic E-state index is 0.177. The third-order valence-corrected chi connectivity index (χ3v) is 7.00. The number of nitrogens with zero attached hydrogens (tertiary/aromatic N) is 1. The summed E-state index contributed by atoms with van der Waals surface area (Å²) in [5, 5.41) is 3.10. The van der Waals surface area contributed by atoms with Crippen LogP contribution in [0.2, 0.25) is 5.02 Å². The van der Waals surface area contributed by atoms with Crippen LogP contribution < -0.4 is 9.62 Å². The number of carbonyl (C=O) groups is 1. The van der Waals surface area contributed by atoms with Crippen molar-refractivity contribution < 1.29 is 13.2 Å². The molecule has 0 aromatic heterocycles. The molecule has 3 aromatic rings. The number of rotatable bonds is 6. The fraction of sp³-hybridized carbons (Fsp3) is 0.174. The van der Waals surface area contributed by atoms with E-state index in [4.69, 9.17) is 11.6 Å². The maximum atomic E-state index is 12.8. The molecule has 5 nitrogen and oxygen atoms in total. The third kappa shape index (κ3) is 4.66. The second-order valence-electron chi connectivity index (χ2n) is 7.06. The second-order valence-corrected chi connectivity index (χ2v) is 9.43. The van der Waals surface area contributed by atoms with E-state index >= 15 is 0 Å². The molecule has 156 valence electrons. The lowest BCUT2D eigenvalue weighted by atomic mass is 10.1. The Kier molecular flexibility index (Phi) is 6.48. The highest BCUT2D eigenvalue weighted by Gasteiger charge is 2.22. The van der Waals surface area contributed by atoms with Crippen LogP contribution in [0.4, 0.5) is 5.69 Å². The zero-order valence-electron chi connectivity index (χ0n) is 17.0. The van der Waals surface area contributed by atoms with Gasteiger partial charge in [-0.1, -0.05) is 59.6 Å². The van der Waals surface area contributed by atoms with E-state index in [1.54, 1.807) is 24.3 Å². The summed E-state index contributed by atoms with van der Waals surface area (Å²) in [6, 6.07) is 20.4. The molecule has 0 saturated heterocycles. The van der Waals surface area contributed by atoms with Crippen molar-refractivity contribution in [3.05, 3.63) is 94.5 Å². The van der Waals surface area contributed by atoms with Crippen LogP contribution in [-0.2, 0) is 10.0 Å². The van der Waals surface area contributed by atoms with Gasteiger partial charge in [-0.2, -0.15) is 0 Å². The molecule has 0 aliphatic rings. The molecule has 7 heteroatoms. The Morgan fingerprint density at radius 3 is 2.23 bits per heavy atom. The van der Waals surface area contributed by atoms with Crippen LogP contribution in [-0.4, -0.2) is 21.4 Å². The van der Waals surface area contributed by atoms with Crippen molar-refractivity contribution in [2.45, 2.75) is 24.8 Å². The number of benzene rings is 3. The van der Waals surface area contributed by atoms with E-state index < -0.39 is 10.0 Å². The first kappa shape index (κ1) is 21.9. The monoisotopic (exact) mass is 442 g/mol. The maximum Gasteiger partial charge on any atom is 0.264 e. The van der Waals surface area contributed by atoms with Gasteiger partial charge in [-0.25, -0.2) is 8.42 Å². The molecule has 0 aliphatic heterocycles. The van der Waals surface area contributed by atoms with Gasteiger partial charge in [0.2, 0.25) is 0 Å². The molecule has 1 N–H and O–H groups in total. The zero-order chi connectivity index (χ0) is 21.9. The lowest BCUT2D eigenvalue weighted by Gasteiger charge is -2.21. The van der Waals surface area contributed by atoms with E-state index in [9.17, 15) is 13.2 Å². The van der Waals surface area contributed by atoms with E-state index in [1.165, 1.54) is 31.3 Å².